The summed E-state index contributed by atoms with van der Waals surface area (Å²) >= 11 is 0. The van der Waals surface area contributed by atoms with Gasteiger partial charge in [-0.25, -0.2) is 4.68 Å². The Morgan fingerprint density at radius 2 is 1.76 bits per heavy atom. The number of rotatable bonds is 3. The third-order valence-electron chi connectivity index (χ3n) is 6.74. The van der Waals surface area contributed by atoms with Crippen LogP contribution in [0.1, 0.15) is 45.6 Å². The van der Waals surface area contributed by atoms with Crippen LogP contribution in [0.5, 0.6) is 0 Å². The van der Waals surface area contributed by atoms with E-state index in [0.717, 1.165) is 30.1 Å². The lowest BCUT2D eigenvalue weighted by Gasteiger charge is -2.33. The number of aryl methyl sites for hydroxylation is 1. The van der Waals surface area contributed by atoms with E-state index in [1.165, 1.54) is 39.3 Å². The summed E-state index contributed by atoms with van der Waals surface area (Å²) in [6, 6.07) is 14.4. The number of allylic oxidation sites excluding steroid dienone is 2. The molecule has 170 valence electrons. The van der Waals surface area contributed by atoms with Gasteiger partial charge in [-0.3, -0.25) is 4.79 Å². The number of benzene rings is 2. The van der Waals surface area contributed by atoms with E-state index in [4.69, 9.17) is 0 Å². The second-order valence-corrected chi connectivity index (χ2v) is 8.68. The van der Waals surface area contributed by atoms with Crippen LogP contribution in [0.15, 0.2) is 60.8 Å². The Balaban J connectivity index is 1.35. The Morgan fingerprint density at radius 3 is 2.45 bits per heavy atom. The van der Waals surface area contributed by atoms with Gasteiger partial charge < -0.3 is 4.90 Å². The Bertz CT molecular complexity index is 1220. The molecule has 0 N–H and O–H groups in total. The average molecular weight is 451 g/mol. The van der Waals surface area contributed by atoms with Crippen molar-refractivity contribution in [3.8, 4) is 5.69 Å². The second kappa shape index (κ2) is 8.21. The number of carbonyl (C=O) groups is 1. The Kier molecular flexibility index (Phi) is 5.35. The number of likely N-dealkylation sites (tertiary alicyclic amines) is 1. The third-order valence-corrected chi connectivity index (χ3v) is 6.74. The fraction of sp³-hybridized carbons (Fsp3) is 0.308. The molecule has 1 fully saturated rings. The Labute approximate surface area is 190 Å². The first-order valence-electron chi connectivity index (χ1n) is 11.1. The van der Waals surface area contributed by atoms with Gasteiger partial charge in [0.1, 0.15) is 0 Å². The number of fused-ring (bicyclic) bond motifs is 1. The van der Waals surface area contributed by atoms with Crippen LogP contribution in [0.2, 0.25) is 0 Å². The molecule has 0 unspecified atom stereocenters. The van der Waals surface area contributed by atoms with Gasteiger partial charge >= 0.3 is 6.18 Å². The van der Waals surface area contributed by atoms with Crippen molar-refractivity contribution < 1.29 is 18.0 Å². The number of piperidine rings is 1. The highest BCUT2D eigenvalue weighted by atomic mass is 19.4. The summed E-state index contributed by atoms with van der Waals surface area (Å²) in [5, 5.41) is 3.92. The monoisotopic (exact) mass is 451 g/mol. The van der Waals surface area contributed by atoms with Crippen molar-refractivity contribution >= 4 is 11.5 Å². The van der Waals surface area contributed by atoms with E-state index in [0.29, 0.717) is 19.0 Å². The molecule has 0 radical (unpaired) electrons. The van der Waals surface area contributed by atoms with Crippen LogP contribution < -0.4 is 0 Å². The molecule has 0 atom stereocenters. The summed E-state index contributed by atoms with van der Waals surface area (Å²) in [5.74, 6) is -0.300. The lowest BCUT2D eigenvalue weighted by molar-refractivity contribution is -0.143. The summed E-state index contributed by atoms with van der Waals surface area (Å²) in [7, 11) is 0. The molecule has 0 spiro atoms. The van der Waals surface area contributed by atoms with Gasteiger partial charge in [-0.2, -0.15) is 18.3 Å². The predicted molar refractivity (Wildman–Crippen MR) is 120 cm³/mol. The minimum absolute atomic E-state index is 0.268. The van der Waals surface area contributed by atoms with Crippen LogP contribution in [0.3, 0.4) is 0 Å². The van der Waals surface area contributed by atoms with Gasteiger partial charge in [-0.1, -0.05) is 42.5 Å². The molecule has 2 aromatic carbocycles. The van der Waals surface area contributed by atoms with Gasteiger partial charge in [0.2, 0.25) is 0 Å². The molecule has 5 rings (SSSR count). The zero-order chi connectivity index (χ0) is 23.2. The number of para-hydroxylation sites is 1. The average Bonchev–Trinajstić information content (AvgIpc) is 3.45. The van der Waals surface area contributed by atoms with Crippen molar-refractivity contribution in [3.63, 3.8) is 0 Å². The second-order valence-electron chi connectivity index (χ2n) is 8.68. The van der Waals surface area contributed by atoms with Crippen molar-refractivity contribution in [2.45, 2.75) is 32.4 Å². The summed E-state index contributed by atoms with van der Waals surface area (Å²) in [4.78, 5) is 14.7. The van der Waals surface area contributed by atoms with Gasteiger partial charge in [0.15, 0.2) is 5.69 Å². The normalized spacial score (nSPS) is 16.6. The van der Waals surface area contributed by atoms with Gasteiger partial charge in [-0.05, 0) is 66.5 Å². The highest BCUT2D eigenvalue weighted by Crippen LogP contribution is 2.40. The van der Waals surface area contributed by atoms with E-state index in [9.17, 15) is 18.0 Å². The van der Waals surface area contributed by atoms with Crippen LogP contribution in [0.25, 0.3) is 11.3 Å². The Hall–Kier alpha value is -3.35. The smallest absolute Gasteiger partial charge is 0.338 e. The molecule has 0 bridgehead atoms. The fourth-order valence-corrected chi connectivity index (χ4v) is 5.06. The summed E-state index contributed by atoms with van der Waals surface area (Å²) < 4.78 is 42.7. The van der Waals surface area contributed by atoms with E-state index in [2.05, 4.69) is 36.3 Å². The van der Waals surface area contributed by atoms with Crippen LogP contribution in [0, 0.1) is 12.8 Å². The number of nitrogens with zero attached hydrogens (tertiary/aromatic N) is 3. The van der Waals surface area contributed by atoms with E-state index in [-0.39, 0.29) is 5.69 Å². The molecule has 1 saturated heterocycles. The molecule has 1 aromatic heterocycles. The first-order valence-corrected chi connectivity index (χ1v) is 11.1. The number of alkyl halides is 3. The van der Waals surface area contributed by atoms with E-state index >= 15 is 0 Å². The first-order chi connectivity index (χ1) is 15.8. The van der Waals surface area contributed by atoms with Gasteiger partial charge in [-0.15, -0.1) is 0 Å². The largest absolute Gasteiger partial charge is 0.434 e. The van der Waals surface area contributed by atoms with E-state index in [1.54, 1.807) is 18.2 Å². The number of amides is 1. The maximum Gasteiger partial charge on any atom is 0.434 e. The van der Waals surface area contributed by atoms with Crippen molar-refractivity contribution in [2.75, 3.05) is 13.1 Å². The maximum absolute atomic E-state index is 14.0. The summed E-state index contributed by atoms with van der Waals surface area (Å²) in [6.07, 6.45) is 1.00. The SMILES string of the molecule is Cc1cccc2c1CC=C2C1CCN(C(=O)c2cnn(-c3ccccc3)c2C(F)(F)F)CC1. The van der Waals surface area contributed by atoms with Crippen molar-refractivity contribution in [3.05, 3.63) is 88.8 Å². The van der Waals surface area contributed by atoms with Crippen molar-refractivity contribution in [1.82, 2.24) is 14.7 Å². The number of halogens is 3. The topological polar surface area (TPSA) is 38.1 Å². The van der Waals surface area contributed by atoms with Crippen LogP contribution in [-0.4, -0.2) is 33.7 Å². The molecular weight excluding hydrogens is 427 g/mol. The number of hydrogen-bond acceptors (Lipinski definition) is 2. The maximum atomic E-state index is 14.0. The molecule has 4 nitrogen and oxygen atoms in total. The molecule has 1 amide bonds. The minimum Gasteiger partial charge on any atom is -0.338 e. The number of carbonyl (C=O) groups excluding carboxylic acids is 1. The molecule has 1 aliphatic carbocycles. The van der Waals surface area contributed by atoms with Gasteiger partial charge in [0.25, 0.3) is 5.91 Å². The predicted octanol–water partition coefficient (Wildman–Crippen LogP) is 5.69. The van der Waals surface area contributed by atoms with Gasteiger partial charge in [0.05, 0.1) is 17.4 Å². The van der Waals surface area contributed by atoms with Crippen molar-refractivity contribution in [1.29, 1.82) is 0 Å². The van der Waals surface area contributed by atoms with E-state index in [1.807, 2.05) is 0 Å². The molecule has 2 heterocycles. The van der Waals surface area contributed by atoms with Gasteiger partial charge in [0, 0.05) is 13.1 Å². The lowest BCUT2D eigenvalue weighted by Crippen LogP contribution is -2.39. The number of aromatic nitrogens is 2. The number of hydrogen-bond donors (Lipinski definition) is 0. The van der Waals surface area contributed by atoms with E-state index < -0.39 is 23.3 Å². The fourth-order valence-electron chi connectivity index (χ4n) is 5.06. The third kappa shape index (κ3) is 3.86. The molecule has 0 saturated carbocycles. The first kappa shape index (κ1) is 21.5. The standard InChI is InChI=1S/C26H24F3N3O/c1-17-6-5-9-22-20(17)10-11-21(22)18-12-14-31(15-13-18)25(33)23-16-30-32(24(23)26(27,28)29)19-7-3-2-4-8-19/h2-9,11,16,18H,10,12-15H2,1H3. The molecule has 3 aromatic rings. The minimum atomic E-state index is -4.70. The van der Waals surface area contributed by atoms with Crippen LogP contribution in [0.4, 0.5) is 13.2 Å². The zero-order valence-electron chi connectivity index (χ0n) is 18.3. The molecule has 1 aliphatic heterocycles. The zero-order valence-corrected chi connectivity index (χ0v) is 18.3. The molecule has 33 heavy (non-hydrogen) atoms. The highest BCUT2D eigenvalue weighted by Gasteiger charge is 2.42. The molecule has 7 heteroatoms. The molecular formula is C26H24F3N3O. The van der Waals surface area contributed by atoms with Crippen molar-refractivity contribution in [2.24, 2.45) is 5.92 Å². The summed E-state index contributed by atoms with van der Waals surface area (Å²) in [6.45, 7) is 2.97. The van der Waals surface area contributed by atoms with Crippen LogP contribution in [-0.2, 0) is 12.6 Å². The Morgan fingerprint density at radius 1 is 1.03 bits per heavy atom. The molecule has 2 aliphatic rings. The lowest BCUT2D eigenvalue weighted by atomic mass is 9.85. The summed E-state index contributed by atoms with van der Waals surface area (Å²) in [5.41, 5.74) is 4.08. The van der Waals surface area contributed by atoms with Crippen LogP contribution >= 0.6 is 0 Å². The highest BCUT2D eigenvalue weighted by molar-refractivity contribution is 5.95. The quantitative estimate of drug-likeness (QED) is 0.513.